The second-order valence-corrected chi connectivity index (χ2v) is 13.3. The zero-order valence-corrected chi connectivity index (χ0v) is 20.3. The molecule has 2 aliphatic heterocycles. The Kier molecular flexibility index (Phi) is 5.07. The molecule has 12 atom stereocenters. The fourth-order valence-electron chi connectivity index (χ4n) is 10.5. The molecule has 6 aliphatic rings. The summed E-state index contributed by atoms with van der Waals surface area (Å²) < 4.78 is 0. The van der Waals surface area contributed by atoms with Crippen molar-refractivity contribution < 1.29 is 15.4 Å². The van der Waals surface area contributed by atoms with Gasteiger partial charge >= 0.3 is 0 Å². The Labute approximate surface area is 193 Å². The lowest BCUT2D eigenvalue weighted by atomic mass is 9.51. The van der Waals surface area contributed by atoms with Crippen molar-refractivity contribution >= 4 is 5.71 Å². The summed E-state index contributed by atoms with van der Waals surface area (Å²) in [4.78, 5) is 2.67. The van der Waals surface area contributed by atoms with Gasteiger partial charge < -0.3 is 15.4 Å². The van der Waals surface area contributed by atoms with E-state index in [2.05, 4.69) is 30.8 Å². The van der Waals surface area contributed by atoms with Crippen molar-refractivity contribution in [3.63, 3.8) is 0 Å². The van der Waals surface area contributed by atoms with Crippen molar-refractivity contribution in [2.75, 3.05) is 13.1 Å². The molecular weight excluding hydrogens is 400 g/mol. The van der Waals surface area contributed by atoms with E-state index in [9.17, 15) is 15.4 Å². The van der Waals surface area contributed by atoms with Crippen LogP contribution in [0, 0.1) is 52.8 Å². The lowest BCUT2D eigenvalue weighted by Gasteiger charge is -2.59. The van der Waals surface area contributed by atoms with E-state index in [1.54, 1.807) is 0 Å². The van der Waals surface area contributed by atoms with Crippen LogP contribution in [0.25, 0.3) is 0 Å². The molecule has 4 saturated carbocycles. The molecule has 0 radical (unpaired) electrons. The van der Waals surface area contributed by atoms with Crippen molar-refractivity contribution in [2.24, 2.45) is 57.9 Å². The van der Waals surface area contributed by atoms with Crippen LogP contribution in [0.4, 0.5) is 0 Å². The van der Waals surface area contributed by atoms with Crippen LogP contribution in [0.1, 0.15) is 78.6 Å². The summed E-state index contributed by atoms with van der Waals surface area (Å²) in [7, 11) is 0. The lowest BCUT2D eigenvalue weighted by Crippen LogP contribution is -2.67. The molecule has 0 aromatic carbocycles. The first-order chi connectivity index (χ1) is 15.2. The van der Waals surface area contributed by atoms with E-state index < -0.39 is 5.60 Å². The number of nitrogens with zero attached hydrogens (tertiary/aromatic N) is 2. The summed E-state index contributed by atoms with van der Waals surface area (Å²) in [5.74, 6) is 4.68. The van der Waals surface area contributed by atoms with Crippen molar-refractivity contribution in [3.8, 4) is 0 Å². The van der Waals surface area contributed by atoms with Crippen molar-refractivity contribution in [2.45, 2.75) is 96.3 Å². The van der Waals surface area contributed by atoms with Gasteiger partial charge in [-0.05, 0) is 112 Å². The molecule has 0 bridgehead atoms. The van der Waals surface area contributed by atoms with Crippen LogP contribution in [0.15, 0.2) is 5.16 Å². The van der Waals surface area contributed by atoms with Gasteiger partial charge in [-0.2, -0.15) is 0 Å². The number of hydrogen-bond donors (Lipinski definition) is 3. The number of piperidine rings is 2. The van der Waals surface area contributed by atoms with Gasteiger partial charge in [0.05, 0.1) is 17.4 Å². The van der Waals surface area contributed by atoms with Gasteiger partial charge in [-0.1, -0.05) is 19.0 Å². The Morgan fingerprint density at radius 2 is 1.72 bits per heavy atom. The maximum atomic E-state index is 11.9. The maximum Gasteiger partial charge on any atom is 0.0805 e. The highest BCUT2D eigenvalue weighted by Gasteiger charge is 2.64. The largest absolute Gasteiger partial charge is 0.411 e. The summed E-state index contributed by atoms with van der Waals surface area (Å²) >= 11 is 0. The smallest absolute Gasteiger partial charge is 0.0805 e. The SMILES string of the molecule is C[C@H]1CC[C@@H]2N(C1)C[C@H]1[C@@H]3C[C@H]4[C@@H](C/C(=N/O)[C@H]5C[C@@H](O)CC[C@@]54C)[C@@H]3CC[C@H]1[C@]2(C)O. The molecule has 0 aromatic heterocycles. The minimum Gasteiger partial charge on any atom is -0.411 e. The summed E-state index contributed by atoms with van der Waals surface area (Å²) in [6.07, 6.45) is 9.45. The molecule has 5 heteroatoms. The van der Waals surface area contributed by atoms with Gasteiger partial charge in [0.15, 0.2) is 0 Å². The van der Waals surface area contributed by atoms with E-state index in [1.807, 2.05) is 0 Å². The van der Waals surface area contributed by atoms with Crippen LogP contribution in [-0.2, 0) is 0 Å². The molecule has 6 rings (SSSR count). The molecular formula is C27H44N2O3. The fraction of sp³-hybridized carbons (Fsp3) is 0.963. The molecule has 6 fully saturated rings. The van der Waals surface area contributed by atoms with Crippen molar-refractivity contribution in [1.82, 2.24) is 4.90 Å². The van der Waals surface area contributed by atoms with E-state index in [0.29, 0.717) is 41.5 Å². The Balaban J connectivity index is 1.32. The second kappa shape index (κ2) is 7.42. The molecule has 2 saturated heterocycles. The summed E-state index contributed by atoms with van der Waals surface area (Å²) in [5.41, 5.74) is 0.549. The average Bonchev–Trinajstić information content (AvgIpc) is 3.14. The summed E-state index contributed by atoms with van der Waals surface area (Å²) in [5, 5.41) is 36.0. The van der Waals surface area contributed by atoms with Crippen LogP contribution in [-0.4, -0.2) is 56.9 Å². The molecule has 2 heterocycles. The number of oxime groups is 1. The molecule has 0 spiro atoms. The zero-order chi connectivity index (χ0) is 22.4. The van der Waals surface area contributed by atoms with Crippen LogP contribution < -0.4 is 0 Å². The third-order valence-electron chi connectivity index (χ3n) is 12.0. The Morgan fingerprint density at radius 1 is 0.906 bits per heavy atom. The number of rotatable bonds is 0. The van der Waals surface area contributed by atoms with Gasteiger partial charge in [-0.15, -0.1) is 0 Å². The fourth-order valence-corrected chi connectivity index (χ4v) is 10.5. The quantitative estimate of drug-likeness (QED) is 0.388. The molecule has 32 heavy (non-hydrogen) atoms. The first kappa shape index (κ1) is 21.9. The molecule has 0 amide bonds. The molecule has 3 N–H and O–H groups in total. The van der Waals surface area contributed by atoms with Crippen molar-refractivity contribution in [3.05, 3.63) is 0 Å². The Hall–Kier alpha value is -0.650. The average molecular weight is 445 g/mol. The third kappa shape index (κ3) is 2.95. The number of aliphatic hydroxyl groups is 2. The maximum absolute atomic E-state index is 11.9. The van der Waals surface area contributed by atoms with Crippen molar-refractivity contribution in [1.29, 1.82) is 0 Å². The van der Waals surface area contributed by atoms with E-state index in [1.165, 1.54) is 25.8 Å². The minimum absolute atomic E-state index is 0.149. The van der Waals surface area contributed by atoms with E-state index >= 15 is 0 Å². The molecule has 4 aliphatic carbocycles. The van der Waals surface area contributed by atoms with E-state index in [0.717, 1.165) is 56.7 Å². The molecule has 5 nitrogen and oxygen atoms in total. The number of hydrogen-bond acceptors (Lipinski definition) is 5. The van der Waals surface area contributed by atoms with Gasteiger partial charge in [0.2, 0.25) is 0 Å². The predicted octanol–water partition coefficient (Wildman–Crippen LogP) is 4.15. The first-order valence-corrected chi connectivity index (χ1v) is 13.6. The highest BCUT2D eigenvalue weighted by Crippen LogP contribution is 2.66. The molecule has 0 unspecified atom stereocenters. The summed E-state index contributed by atoms with van der Waals surface area (Å²) in [6, 6.07) is 0.343. The molecule has 180 valence electrons. The predicted molar refractivity (Wildman–Crippen MR) is 124 cm³/mol. The number of aliphatic hydroxyl groups excluding tert-OH is 1. The van der Waals surface area contributed by atoms with Gasteiger partial charge in [0.25, 0.3) is 0 Å². The minimum atomic E-state index is -0.569. The van der Waals surface area contributed by atoms with Crippen LogP contribution in [0.3, 0.4) is 0 Å². The van der Waals surface area contributed by atoms with E-state index in [4.69, 9.17) is 0 Å². The Morgan fingerprint density at radius 3 is 2.50 bits per heavy atom. The summed E-state index contributed by atoms with van der Waals surface area (Å²) in [6.45, 7) is 9.30. The third-order valence-corrected chi connectivity index (χ3v) is 12.0. The highest BCUT2D eigenvalue weighted by molar-refractivity contribution is 5.88. The monoisotopic (exact) mass is 444 g/mol. The molecule has 0 aromatic rings. The first-order valence-electron chi connectivity index (χ1n) is 13.6. The second-order valence-electron chi connectivity index (χ2n) is 13.3. The zero-order valence-electron chi connectivity index (χ0n) is 20.3. The van der Waals surface area contributed by atoms with Crippen LogP contribution in [0.5, 0.6) is 0 Å². The Bertz CT molecular complexity index is 783. The van der Waals surface area contributed by atoms with Gasteiger partial charge in [-0.25, -0.2) is 0 Å². The van der Waals surface area contributed by atoms with Crippen LogP contribution >= 0.6 is 0 Å². The van der Waals surface area contributed by atoms with E-state index in [-0.39, 0.29) is 17.4 Å². The van der Waals surface area contributed by atoms with Gasteiger partial charge in [0, 0.05) is 25.0 Å². The van der Waals surface area contributed by atoms with Gasteiger partial charge in [0.1, 0.15) is 0 Å². The normalized spacial score (nSPS) is 59.0. The number of fused-ring (bicyclic) bond motifs is 8. The standard InChI is InChI=1S/C27H44N2O3/c1-15-4-7-25-27(3,31)21-6-5-17-18(20(21)14-29(25)13-15)11-22-19(17)12-24(28-32)23-10-16(30)8-9-26(22,23)2/h15-23,25,30-32H,4-14H2,1-3H3/b28-24-/t15-,16-,17+,18+,19-,20-,21+,22-,23+,25-,26+,27-/m0/s1. The lowest BCUT2D eigenvalue weighted by molar-refractivity contribution is -0.175. The highest BCUT2D eigenvalue weighted by atomic mass is 16.4. The van der Waals surface area contributed by atoms with Crippen LogP contribution in [0.2, 0.25) is 0 Å². The van der Waals surface area contributed by atoms with Gasteiger partial charge in [-0.3, -0.25) is 4.90 Å². The topological polar surface area (TPSA) is 76.3 Å².